The van der Waals surface area contributed by atoms with Crippen LogP contribution in [0.25, 0.3) is 0 Å². The van der Waals surface area contributed by atoms with Crippen molar-refractivity contribution >= 4 is 0 Å². The molecule has 0 amide bonds. The number of ether oxygens (including phenoxy) is 1. The lowest BCUT2D eigenvalue weighted by atomic mass is 9.97. The van der Waals surface area contributed by atoms with Gasteiger partial charge in [-0.15, -0.1) is 6.42 Å². The minimum Gasteiger partial charge on any atom is -0.359 e. The predicted octanol–water partition coefficient (Wildman–Crippen LogP) is 3.40. The summed E-state index contributed by atoms with van der Waals surface area (Å²) in [7, 11) is 0. The fourth-order valence-corrected chi connectivity index (χ4v) is 2.43. The molecule has 4 nitrogen and oxygen atoms in total. The predicted molar refractivity (Wildman–Crippen MR) is 82.6 cm³/mol. The molecule has 4 heteroatoms. The molecule has 0 N–H and O–H groups in total. The van der Waals surface area contributed by atoms with Gasteiger partial charge in [0.15, 0.2) is 0 Å². The van der Waals surface area contributed by atoms with Crippen molar-refractivity contribution in [2.45, 2.75) is 38.3 Å². The molecule has 0 saturated heterocycles. The third-order valence-corrected chi connectivity index (χ3v) is 3.45. The molecule has 2 atom stereocenters. The van der Waals surface area contributed by atoms with E-state index in [0.29, 0.717) is 0 Å². The van der Waals surface area contributed by atoms with E-state index in [9.17, 15) is 0 Å². The monoisotopic (exact) mass is 283 g/mol. The minimum absolute atomic E-state index is 0.100. The molecule has 21 heavy (non-hydrogen) atoms. The van der Waals surface area contributed by atoms with Crippen LogP contribution >= 0.6 is 0 Å². The van der Waals surface area contributed by atoms with Crippen LogP contribution in [0.5, 0.6) is 0 Å². The molecule has 1 aromatic carbocycles. The lowest BCUT2D eigenvalue weighted by Gasteiger charge is -2.27. The van der Waals surface area contributed by atoms with Crippen molar-refractivity contribution in [2.75, 3.05) is 6.61 Å². The molecule has 0 spiro atoms. The summed E-state index contributed by atoms with van der Waals surface area (Å²) in [5, 5.41) is 4.30. The van der Waals surface area contributed by atoms with Crippen LogP contribution in [0.3, 0.4) is 0 Å². The van der Waals surface area contributed by atoms with Gasteiger partial charge >= 0.3 is 0 Å². The molecule has 0 aliphatic rings. The number of aromatic nitrogens is 3. The number of unbranched alkanes of at least 4 members (excludes halogenated alkanes) is 1. The van der Waals surface area contributed by atoms with Gasteiger partial charge in [0.1, 0.15) is 25.4 Å². The zero-order valence-corrected chi connectivity index (χ0v) is 12.4. The van der Waals surface area contributed by atoms with Crippen LogP contribution in [0.4, 0.5) is 0 Å². The van der Waals surface area contributed by atoms with E-state index in [1.165, 1.54) is 0 Å². The van der Waals surface area contributed by atoms with Crippen molar-refractivity contribution in [3.05, 3.63) is 48.5 Å². The summed E-state index contributed by atoms with van der Waals surface area (Å²) in [5.74, 6) is 2.56. The number of nitrogens with zero attached hydrogens (tertiary/aromatic N) is 3. The normalized spacial score (nSPS) is 13.5. The van der Waals surface area contributed by atoms with Crippen molar-refractivity contribution < 1.29 is 4.74 Å². The summed E-state index contributed by atoms with van der Waals surface area (Å²) in [6, 6.07) is 10.3. The van der Waals surface area contributed by atoms with E-state index in [4.69, 9.17) is 11.2 Å². The highest BCUT2D eigenvalue weighted by Crippen LogP contribution is 2.33. The molecule has 2 aromatic rings. The second-order valence-electron chi connectivity index (χ2n) is 4.93. The maximum absolute atomic E-state index is 5.94. The first-order chi connectivity index (χ1) is 10.4. The van der Waals surface area contributed by atoms with Gasteiger partial charge in [0.2, 0.25) is 0 Å². The summed E-state index contributed by atoms with van der Waals surface area (Å²) in [5.41, 5.74) is 1.12. The highest BCUT2D eigenvalue weighted by Gasteiger charge is 2.25. The maximum atomic E-state index is 5.94. The number of rotatable bonds is 8. The third kappa shape index (κ3) is 4.17. The Bertz CT molecular complexity index is 545. The van der Waals surface area contributed by atoms with Crippen LogP contribution in [0.1, 0.15) is 43.9 Å². The summed E-state index contributed by atoms with van der Waals surface area (Å²) in [4.78, 5) is 4.06. The molecule has 0 bridgehead atoms. The fraction of sp³-hybridized carbons (Fsp3) is 0.412. The molecule has 0 saturated carbocycles. The molecule has 0 aliphatic carbocycles. The van der Waals surface area contributed by atoms with Crippen LogP contribution in [-0.2, 0) is 4.74 Å². The number of hydrogen-bond acceptors (Lipinski definition) is 3. The minimum atomic E-state index is -0.115. The molecule has 0 fully saturated rings. The van der Waals surface area contributed by atoms with Gasteiger partial charge in [-0.25, -0.2) is 9.67 Å². The number of terminal acetylenes is 1. The van der Waals surface area contributed by atoms with Crippen LogP contribution in [-0.4, -0.2) is 21.4 Å². The first kappa shape index (κ1) is 15.3. The van der Waals surface area contributed by atoms with Crippen molar-refractivity contribution in [3.8, 4) is 12.3 Å². The molecule has 2 unspecified atom stereocenters. The SMILES string of the molecule is C#CCOC(c1ccccc1)C(CCCC)n1cncn1. The second-order valence-corrected chi connectivity index (χ2v) is 4.93. The zero-order valence-electron chi connectivity index (χ0n) is 12.4. The van der Waals surface area contributed by atoms with Crippen LogP contribution in [0.2, 0.25) is 0 Å². The third-order valence-electron chi connectivity index (χ3n) is 3.45. The standard InChI is InChI=1S/C17H21N3O/c1-3-5-11-16(20-14-18-13-19-20)17(21-12-4-2)15-9-7-6-8-10-15/h2,6-10,13-14,16-17H,3,5,11-12H2,1H3. The quantitative estimate of drug-likeness (QED) is 0.697. The Morgan fingerprint density at radius 2 is 2.14 bits per heavy atom. The topological polar surface area (TPSA) is 39.9 Å². The highest BCUT2D eigenvalue weighted by atomic mass is 16.5. The van der Waals surface area contributed by atoms with Crippen molar-refractivity contribution in [2.24, 2.45) is 0 Å². The Hall–Kier alpha value is -2.12. The largest absolute Gasteiger partial charge is 0.359 e. The van der Waals surface area contributed by atoms with Gasteiger partial charge in [0.25, 0.3) is 0 Å². The van der Waals surface area contributed by atoms with E-state index in [0.717, 1.165) is 24.8 Å². The summed E-state index contributed by atoms with van der Waals surface area (Å²) in [6.45, 7) is 2.47. The molecular formula is C17H21N3O. The van der Waals surface area contributed by atoms with Gasteiger partial charge in [-0.2, -0.15) is 5.10 Å². The van der Waals surface area contributed by atoms with E-state index in [-0.39, 0.29) is 18.8 Å². The van der Waals surface area contributed by atoms with Crippen molar-refractivity contribution in [1.82, 2.24) is 14.8 Å². The first-order valence-electron chi connectivity index (χ1n) is 7.31. The molecule has 0 aliphatic heterocycles. The van der Waals surface area contributed by atoms with Gasteiger partial charge in [-0.1, -0.05) is 56.0 Å². The van der Waals surface area contributed by atoms with E-state index in [2.05, 4.69) is 35.1 Å². The maximum Gasteiger partial charge on any atom is 0.137 e. The molecule has 1 heterocycles. The Labute approximate surface area is 126 Å². The smallest absolute Gasteiger partial charge is 0.137 e. The average molecular weight is 283 g/mol. The summed E-state index contributed by atoms with van der Waals surface area (Å²) in [6.07, 6.45) is 11.8. The number of benzene rings is 1. The van der Waals surface area contributed by atoms with Crippen LogP contribution in [0, 0.1) is 12.3 Å². The Morgan fingerprint density at radius 1 is 1.33 bits per heavy atom. The van der Waals surface area contributed by atoms with Gasteiger partial charge in [-0.05, 0) is 12.0 Å². The highest BCUT2D eigenvalue weighted by molar-refractivity contribution is 5.19. The fourth-order valence-electron chi connectivity index (χ4n) is 2.43. The van der Waals surface area contributed by atoms with E-state index in [1.54, 1.807) is 12.7 Å². The molecule has 110 valence electrons. The lowest BCUT2D eigenvalue weighted by molar-refractivity contribution is 0.0270. The number of hydrogen-bond donors (Lipinski definition) is 0. The van der Waals surface area contributed by atoms with Gasteiger partial charge in [0, 0.05) is 0 Å². The zero-order chi connectivity index (χ0) is 14.9. The van der Waals surface area contributed by atoms with Gasteiger partial charge in [0.05, 0.1) is 6.04 Å². The average Bonchev–Trinajstić information content (AvgIpc) is 3.05. The van der Waals surface area contributed by atoms with Gasteiger partial charge < -0.3 is 4.74 Å². The van der Waals surface area contributed by atoms with E-state index < -0.39 is 0 Å². The Morgan fingerprint density at radius 3 is 2.76 bits per heavy atom. The first-order valence-corrected chi connectivity index (χ1v) is 7.31. The molecule has 1 aromatic heterocycles. The Kier molecular flexibility index (Phi) is 5.99. The van der Waals surface area contributed by atoms with Crippen molar-refractivity contribution in [3.63, 3.8) is 0 Å². The van der Waals surface area contributed by atoms with Gasteiger partial charge in [-0.3, -0.25) is 0 Å². The molecule has 0 radical (unpaired) electrons. The summed E-state index contributed by atoms with van der Waals surface area (Å²) < 4.78 is 7.81. The van der Waals surface area contributed by atoms with E-state index in [1.807, 2.05) is 22.9 Å². The summed E-state index contributed by atoms with van der Waals surface area (Å²) >= 11 is 0. The van der Waals surface area contributed by atoms with E-state index >= 15 is 0 Å². The second kappa shape index (κ2) is 8.23. The van der Waals surface area contributed by atoms with Crippen LogP contribution in [0.15, 0.2) is 43.0 Å². The van der Waals surface area contributed by atoms with Crippen molar-refractivity contribution in [1.29, 1.82) is 0 Å². The van der Waals surface area contributed by atoms with Crippen LogP contribution < -0.4 is 0 Å². The molecule has 2 rings (SSSR count). The molecular weight excluding hydrogens is 262 g/mol. The Balaban J connectivity index is 2.28. The lowest BCUT2D eigenvalue weighted by Crippen LogP contribution is -2.21.